The van der Waals surface area contributed by atoms with Crippen molar-refractivity contribution in [3.63, 3.8) is 0 Å². The molecule has 0 amide bonds. The second kappa shape index (κ2) is 8.43. The Morgan fingerprint density at radius 3 is 2.79 bits per heavy atom. The molecular formula is C13H24F2N2O2. The lowest BCUT2D eigenvalue weighted by molar-refractivity contribution is -0.147. The molecule has 1 rings (SSSR count). The predicted molar refractivity (Wildman–Crippen MR) is 69.3 cm³/mol. The van der Waals surface area contributed by atoms with Crippen LogP contribution in [0, 0.1) is 5.92 Å². The van der Waals surface area contributed by atoms with Crippen molar-refractivity contribution in [2.45, 2.75) is 38.7 Å². The molecule has 2 atom stereocenters. The quantitative estimate of drug-likeness (QED) is 0.717. The summed E-state index contributed by atoms with van der Waals surface area (Å²) in [6, 6.07) is -0.0660. The van der Waals surface area contributed by atoms with Gasteiger partial charge in [0.25, 0.3) is 6.43 Å². The van der Waals surface area contributed by atoms with Crippen LogP contribution in [0.25, 0.3) is 0 Å². The van der Waals surface area contributed by atoms with Crippen LogP contribution in [0.2, 0.25) is 0 Å². The van der Waals surface area contributed by atoms with Crippen LogP contribution in [-0.2, 0) is 9.53 Å². The van der Waals surface area contributed by atoms with E-state index in [1.165, 1.54) is 7.11 Å². The van der Waals surface area contributed by atoms with E-state index < -0.39 is 6.43 Å². The number of piperidine rings is 1. The van der Waals surface area contributed by atoms with Crippen molar-refractivity contribution in [3.8, 4) is 0 Å². The summed E-state index contributed by atoms with van der Waals surface area (Å²) in [6.07, 6.45) is 0.342. The molecule has 0 spiro atoms. The molecule has 0 saturated carbocycles. The van der Waals surface area contributed by atoms with Crippen LogP contribution in [0.3, 0.4) is 0 Å². The van der Waals surface area contributed by atoms with Gasteiger partial charge in [-0.25, -0.2) is 8.78 Å². The van der Waals surface area contributed by atoms with Crippen molar-refractivity contribution >= 4 is 5.97 Å². The Labute approximate surface area is 113 Å². The fourth-order valence-corrected chi connectivity index (χ4v) is 2.50. The molecule has 1 fully saturated rings. The first-order valence-electron chi connectivity index (χ1n) is 6.88. The number of halogens is 2. The monoisotopic (exact) mass is 278 g/mol. The molecule has 0 aromatic carbocycles. The number of carbonyl (C=O) groups is 1. The standard InChI is InChI=1S/C13H24F2N2O2/c1-3-4-5-17-8-10(13(18)19-2)6-11(9-17)16-7-12(14)15/h10-12,16H,3-9H2,1-2H3. The normalized spacial score (nSPS) is 24.7. The number of unbranched alkanes of at least 4 members (excludes halogenated alkanes) is 1. The number of nitrogens with one attached hydrogen (secondary N) is 1. The van der Waals surface area contributed by atoms with Crippen LogP contribution < -0.4 is 5.32 Å². The smallest absolute Gasteiger partial charge is 0.310 e. The van der Waals surface area contributed by atoms with Crippen molar-refractivity contribution < 1.29 is 18.3 Å². The zero-order valence-electron chi connectivity index (χ0n) is 11.7. The van der Waals surface area contributed by atoms with E-state index in [9.17, 15) is 13.6 Å². The Kier molecular flexibility index (Phi) is 7.23. The number of alkyl halides is 2. The zero-order chi connectivity index (χ0) is 14.3. The number of esters is 1. The van der Waals surface area contributed by atoms with Gasteiger partial charge in [-0.2, -0.15) is 0 Å². The number of nitrogens with zero attached hydrogens (tertiary/aromatic N) is 1. The van der Waals surface area contributed by atoms with Gasteiger partial charge in [0.15, 0.2) is 0 Å². The lowest BCUT2D eigenvalue weighted by Gasteiger charge is -2.37. The van der Waals surface area contributed by atoms with Crippen LogP contribution in [-0.4, -0.2) is 56.6 Å². The number of hydrogen-bond acceptors (Lipinski definition) is 4. The fraction of sp³-hybridized carbons (Fsp3) is 0.923. The highest BCUT2D eigenvalue weighted by molar-refractivity contribution is 5.72. The van der Waals surface area contributed by atoms with Gasteiger partial charge in [0.2, 0.25) is 0 Å². The summed E-state index contributed by atoms with van der Waals surface area (Å²) < 4.78 is 29.3. The van der Waals surface area contributed by atoms with E-state index in [1.807, 2.05) is 0 Å². The van der Waals surface area contributed by atoms with E-state index in [-0.39, 0.29) is 24.5 Å². The third-order valence-electron chi connectivity index (χ3n) is 3.45. The van der Waals surface area contributed by atoms with Gasteiger partial charge in [0.1, 0.15) is 0 Å². The van der Waals surface area contributed by atoms with Gasteiger partial charge in [0, 0.05) is 19.1 Å². The molecule has 1 aliphatic heterocycles. The summed E-state index contributed by atoms with van der Waals surface area (Å²) in [5.41, 5.74) is 0. The molecule has 19 heavy (non-hydrogen) atoms. The van der Waals surface area contributed by atoms with Gasteiger partial charge in [-0.05, 0) is 19.4 Å². The zero-order valence-corrected chi connectivity index (χ0v) is 11.7. The highest BCUT2D eigenvalue weighted by Gasteiger charge is 2.32. The van der Waals surface area contributed by atoms with E-state index in [2.05, 4.69) is 17.1 Å². The number of carbonyl (C=O) groups excluding carboxylic acids is 1. The van der Waals surface area contributed by atoms with E-state index >= 15 is 0 Å². The Morgan fingerprint density at radius 2 is 2.21 bits per heavy atom. The molecule has 1 heterocycles. The fourth-order valence-electron chi connectivity index (χ4n) is 2.50. The van der Waals surface area contributed by atoms with Crippen LogP contribution in [0.1, 0.15) is 26.2 Å². The highest BCUT2D eigenvalue weighted by atomic mass is 19.3. The Hall–Kier alpha value is -0.750. The molecule has 0 bridgehead atoms. The second-order valence-corrected chi connectivity index (χ2v) is 5.07. The number of hydrogen-bond donors (Lipinski definition) is 1. The van der Waals surface area contributed by atoms with Crippen molar-refractivity contribution in [1.82, 2.24) is 10.2 Å². The summed E-state index contributed by atoms with van der Waals surface area (Å²) in [6.45, 7) is 4.07. The van der Waals surface area contributed by atoms with Gasteiger partial charge in [-0.1, -0.05) is 13.3 Å². The Balaban J connectivity index is 2.53. The molecule has 1 aliphatic rings. The van der Waals surface area contributed by atoms with Crippen LogP contribution in [0.5, 0.6) is 0 Å². The number of likely N-dealkylation sites (tertiary alicyclic amines) is 1. The van der Waals surface area contributed by atoms with Gasteiger partial charge < -0.3 is 15.0 Å². The molecular weight excluding hydrogens is 254 g/mol. The first-order chi connectivity index (χ1) is 9.06. The Bertz CT molecular complexity index is 277. The average molecular weight is 278 g/mol. The molecule has 6 heteroatoms. The van der Waals surface area contributed by atoms with E-state index in [0.717, 1.165) is 25.9 Å². The van der Waals surface area contributed by atoms with Crippen LogP contribution in [0.4, 0.5) is 8.78 Å². The third kappa shape index (κ3) is 5.82. The van der Waals surface area contributed by atoms with Gasteiger partial charge in [-0.15, -0.1) is 0 Å². The molecule has 0 aromatic heterocycles. The first-order valence-corrected chi connectivity index (χ1v) is 6.88. The van der Waals surface area contributed by atoms with Gasteiger partial charge >= 0.3 is 5.97 Å². The molecule has 2 unspecified atom stereocenters. The molecule has 1 saturated heterocycles. The molecule has 0 radical (unpaired) electrons. The minimum absolute atomic E-state index is 0.0660. The third-order valence-corrected chi connectivity index (χ3v) is 3.45. The minimum atomic E-state index is -2.36. The first kappa shape index (κ1) is 16.3. The topological polar surface area (TPSA) is 41.6 Å². The maximum absolute atomic E-state index is 12.2. The van der Waals surface area contributed by atoms with Crippen molar-refractivity contribution in [2.75, 3.05) is 33.3 Å². The maximum atomic E-state index is 12.2. The molecule has 0 aromatic rings. The molecule has 1 N–H and O–H groups in total. The summed E-state index contributed by atoms with van der Waals surface area (Å²) in [5.74, 6) is -0.462. The molecule has 0 aliphatic carbocycles. The summed E-state index contributed by atoms with van der Waals surface area (Å²) >= 11 is 0. The lowest BCUT2D eigenvalue weighted by atomic mass is 9.94. The van der Waals surface area contributed by atoms with Crippen molar-refractivity contribution in [1.29, 1.82) is 0 Å². The number of rotatable bonds is 7. The maximum Gasteiger partial charge on any atom is 0.310 e. The summed E-state index contributed by atoms with van der Waals surface area (Å²) in [4.78, 5) is 13.8. The van der Waals surface area contributed by atoms with E-state index in [1.54, 1.807) is 0 Å². The largest absolute Gasteiger partial charge is 0.469 e. The summed E-state index contributed by atoms with van der Waals surface area (Å²) in [5, 5.41) is 2.84. The van der Waals surface area contributed by atoms with E-state index in [4.69, 9.17) is 4.74 Å². The van der Waals surface area contributed by atoms with Crippen molar-refractivity contribution in [2.24, 2.45) is 5.92 Å². The second-order valence-electron chi connectivity index (χ2n) is 5.07. The molecule has 112 valence electrons. The van der Waals surface area contributed by atoms with Gasteiger partial charge in [0.05, 0.1) is 19.6 Å². The van der Waals surface area contributed by atoms with Gasteiger partial charge in [-0.3, -0.25) is 4.79 Å². The van der Waals surface area contributed by atoms with Crippen LogP contribution >= 0.6 is 0 Å². The highest BCUT2D eigenvalue weighted by Crippen LogP contribution is 2.19. The minimum Gasteiger partial charge on any atom is -0.469 e. The number of methoxy groups -OCH3 is 1. The Morgan fingerprint density at radius 1 is 1.47 bits per heavy atom. The molecule has 4 nitrogen and oxygen atoms in total. The SMILES string of the molecule is CCCCN1CC(NCC(F)F)CC(C(=O)OC)C1. The lowest BCUT2D eigenvalue weighted by Crippen LogP contribution is -2.52. The predicted octanol–water partition coefficient (Wildman–Crippen LogP) is 1.50. The summed E-state index contributed by atoms with van der Waals surface area (Å²) in [7, 11) is 1.37. The number of ether oxygens (including phenoxy) is 1. The average Bonchev–Trinajstić information content (AvgIpc) is 2.41. The van der Waals surface area contributed by atoms with E-state index in [0.29, 0.717) is 13.0 Å². The van der Waals surface area contributed by atoms with Crippen LogP contribution in [0.15, 0.2) is 0 Å². The van der Waals surface area contributed by atoms with Crippen molar-refractivity contribution in [3.05, 3.63) is 0 Å².